The van der Waals surface area contributed by atoms with E-state index in [4.69, 9.17) is 4.42 Å². The van der Waals surface area contributed by atoms with Gasteiger partial charge in [0.25, 0.3) is 5.91 Å². The molecule has 168 valence electrons. The number of carbonyl (C=O) groups is 1. The maximum atomic E-state index is 13.9. The summed E-state index contributed by atoms with van der Waals surface area (Å²) >= 11 is 1.33. The molecular weight excluding hydrogens is 441 g/mol. The van der Waals surface area contributed by atoms with Gasteiger partial charge < -0.3 is 4.42 Å². The van der Waals surface area contributed by atoms with Crippen LogP contribution in [0.4, 0.5) is 9.52 Å². The smallest absolute Gasteiger partial charge is 0.297 e. The quantitative estimate of drug-likeness (QED) is 0.385. The number of fused-ring (bicyclic) bond motifs is 2. The summed E-state index contributed by atoms with van der Waals surface area (Å²) in [6.07, 6.45) is 1.65. The average Bonchev–Trinajstić information content (AvgIpc) is 3.37. The summed E-state index contributed by atoms with van der Waals surface area (Å²) in [4.78, 5) is 28.5. The Balaban J connectivity index is 1.74. The topological polar surface area (TPSA) is 76.3 Å². The fourth-order valence-electron chi connectivity index (χ4n) is 4.18. The standard InChI is InChI=1S/C25H22FN3O3S/c1-4-5-19-27-28-25(33-19)29-21(15-8-6-14(7-9-15)13(2)3)20-22(30)17-12-16(26)10-11-18(17)32-23(20)24(29)31/h6-13,21H,4-5H2,1-3H3. The highest BCUT2D eigenvalue weighted by molar-refractivity contribution is 7.15. The van der Waals surface area contributed by atoms with Crippen molar-refractivity contribution in [1.82, 2.24) is 10.2 Å². The lowest BCUT2D eigenvalue weighted by Crippen LogP contribution is -2.29. The third kappa shape index (κ3) is 3.54. The Morgan fingerprint density at radius 3 is 2.58 bits per heavy atom. The van der Waals surface area contributed by atoms with Crippen molar-refractivity contribution in [2.45, 2.75) is 45.6 Å². The molecule has 2 aromatic carbocycles. The van der Waals surface area contributed by atoms with Gasteiger partial charge in [0, 0.05) is 6.42 Å². The van der Waals surface area contributed by atoms with Gasteiger partial charge in [-0.25, -0.2) is 4.39 Å². The largest absolute Gasteiger partial charge is 0.450 e. The van der Waals surface area contributed by atoms with Gasteiger partial charge in [0.2, 0.25) is 10.9 Å². The van der Waals surface area contributed by atoms with Crippen LogP contribution in [0.25, 0.3) is 11.0 Å². The van der Waals surface area contributed by atoms with E-state index < -0.39 is 23.2 Å². The zero-order valence-electron chi connectivity index (χ0n) is 18.5. The number of anilines is 1. The van der Waals surface area contributed by atoms with Crippen molar-refractivity contribution in [2.75, 3.05) is 4.90 Å². The summed E-state index contributed by atoms with van der Waals surface area (Å²) in [5, 5.41) is 9.80. The molecule has 0 N–H and O–H groups in total. The second-order valence-corrected chi connectivity index (χ2v) is 9.48. The lowest BCUT2D eigenvalue weighted by atomic mass is 9.95. The highest BCUT2D eigenvalue weighted by atomic mass is 32.1. The summed E-state index contributed by atoms with van der Waals surface area (Å²) in [6, 6.07) is 10.8. The minimum atomic E-state index is -0.736. The SMILES string of the molecule is CCCc1nnc(N2C(=O)c3oc4ccc(F)cc4c(=O)c3C2c2ccc(C(C)C)cc2)s1. The predicted octanol–water partition coefficient (Wildman–Crippen LogP) is 5.61. The second-order valence-electron chi connectivity index (χ2n) is 8.44. The third-order valence-corrected chi connectivity index (χ3v) is 6.86. The van der Waals surface area contributed by atoms with Gasteiger partial charge in [0.1, 0.15) is 16.4 Å². The number of carbonyl (C=O) groups excluding carboxylic acids is 1. The first kappa shape index (κ1) is 21.5. The van der Waals surface area contributed by atoms with E-state index in [2.05, 4.69) is 24.0 Å². The van der Waals surface area contributed by atoms with E-state index in [0.29, 0.717) is 11.0 Å². The number of hydrogen-bond acceptors (Lipinski definition) is 6. The van der Waals surface area contributed by atoms with Crippen molar-refractivity contribution in [3.8, 4) is 0 Å². The van der Waals surface area contributed by atoms with Crippen LogP contribution in [-0.2, 0) is 6.42 Å². The Hall–Kier alpha value is -3.39. The van der Waals surface area contributed by atoms with Crippen molar-refractivity contribution in [3.63, 3.8) is 0 Å². The molecule has 8 heteroatoms. The van der Waals surface area contributed by atoms with Gasteiger partial charge in [-0.05, 0) is 41.7 Å². The fourth-order valence-corrected chi connectivity index (χ4v) is 5.14. The zero-order chi connectivity index (χ0) is 23.3. The van der Waals surface area contributed by atoms with E-state index in [1.165, 1.54) is 28.4 Å². The molecule has 0 saturated carbocycles. The molecule has 4 aromatic rings. The van der Waals surface area contributed by atoms with E-state index in [1.54, 1.807) is 0 Å². The van der Waals surface area contributed by atoms with E-state index in [9.17, 15) is 14.0 Å². The number of aryl methyl sites for hydroxylation is 1. The summed E-state index contributed by atoms with van der Waals surface area (Å²) in [5.41, 5.74) is 1.85. The van der Waals surface area contributed by atoms with Gasteiger partial charge in [-0.1, -0.05) is 56.4 Å². The summed E-state index contributed by atoms with van der Waals surface area (Å²) in [6.45, 7) is 6.24. The van der Waals surface area contributed by atoms with Crippen molar-refractivity contribution >= 4 is 33.3 Å². The number of rotatable bonds is 5. The van der Waals surface area contributed by atoms with Crippen molar-refractivity contribution < 1.29 is 13.6 Å². The van der Waals surface area contributed by atoms with Crippen molar-refractivity contribution in [3.05, 3.63) is 86.0 Å². The van der Waals surface area contributed by atoms with Gasteiger partial charge in [-0.3, -0.25) is 14.5 Å². The van der Waals surface area contributed by atoms with Crippen molar-refractivity contribution in [2.24, 2.45) is 0 Å². The van der Waals surface area contributed by atoms with Gasteiger partial charge in [-0.2, -0.15) is 0 Å². The lowest BCUT2D eigenvalue weighted by Gasteiger charge is -2.22. The monoisotopic (exact) mass is 463 g/mol. The maximum Gasteiger partial charge on any atom is 0.297 e. The first-order valence-electron chi connectivity index (χ1n) is 10.9. The van der Waals surface area contributed by atoms with Crippen LogP contribution in [-0.4, -0.2) is 16.1 Å². The number of nitrogens with zero attached hydrogens (tertiary/aromatic N) is 3. The second kappa shape index (κ2) is 8.19. The van der Waals surface area contributed by atoms with Crippen LogP contribution in [0.1, 0.15) is 71.4 Å². The number of hydrogen-bond donors (Lipinski definition) is 0. The average molecular weight is 464 g/mol. The molecule has 33 heavy (non-hydrogen) atoms. The molecule has 1 unspecified atom stereocenters. The molecular formula is C25H22FN3O3S. The number of amides is 1. The molecule has 1 aliphatic heterocycles. The highest BCUT2D eigenvalue weighted by Crippen LogP contribution is 2.42. The van der Waals surface area contributed by atoms with Gasteiger partial charge in [0.05, 0.1) is 17.0 Å². The molecule has 1 atom stereocenters. The van der Waals surface area contributed by atoms with Crippen LogP contribution in [0.5, 0.6) is 0 Å². The summed E-state index contributed by atoms with van der Waals surface area (Å²) in [5.74, 6) is -0.693. The van der Waals surface area contributed by atoms with Crippen LogP contribution in [0, 0.1) is 5.82 Å². The Bertz CT molecular complexity index is 1430. The van der Waals surface area contributed by atoms with Gasteiger partial charge in [-0.15, -0.1) is 10.2 Å². The normalized spacial score (nSPS) is 15.6. The zero-order valence-corrected chi connectivity index (χ0v) is 19.3. The molecule has 6 nitrogen and oxygen atoms in total. The minimum Gasteiger partial charge on any atom is -0.450 e. The Morgan fingerprint density at radius 2 is 1.88 bits per heavy atom. The Kier molecular flexibility index (Phi) is 5.32. The Morgan fingerprint density at radius 1 is 1.12 bits per heavy atom. The minimum absolute atomic E-state index is 0.0377. The van der Waals surface area contributed by atoms with Gasteiger partial charge in [0.15, 0.2) is 5.43 Å². The fraction of sp³-hybridized carbons (Fsp3) is 0.280. The maximum absolute atomic E-state index is 13.9. The number of halogens is 1. The van der Waals surface area contributed by atoms with Gasteiger partial charge >= 0.3 is 0 Å². The highest BCUT2D eigenvalue weighted by Gasteiger charge is 2.45. The van der Waals surface area contributed by atoms with E-state index in [1.807, 2.05) is 31.2 Å². The molecule has 1 aliphatic rings. The molecule has 2 aromatic heterocycles. The molecule has 0 radical (unpaired) electrons. The number of aromatic nitrogens is 2. The molecule has 0 spiro atoms. The molecule has 3 heterocycles. The van der Waals surface area contributed by atoms with Crippen LogP contribution < -0.4 is 10.3 Å². The molecule has 0 aliphatic carbocycles. The van der Waals surface area contributed by atoms with E-state index >= 15 is 0 Å². The summed E-state index contributed by atoms with van der Waals surface area (Å²) < 4.78 is 19.8. The molecule has 0 fully saturated rings. The van der Waals surface area contributed by atoms with Crippen LogP contribution >= 0.6 is 11.3 Å². The summed E-state index contributed by atoms with van der Waals surface area (Å²) in [7, 11) is 0. The molecule has 5 rings (SSSR count). The number of benzene rings is 2. The van der Waals surface area contributed by atoms with Crippen LogP contribution in [0.2, 0.25) is 0 Å². The van der Waals surface area contributed by atoms with E-state index in [0.717, 1.165) is 35.0 Å². The van der Waals surface area contributed by atoms with E-state index in [-0.39, 0.29) is 22.3 Å². The Labute approximate surface area is 193 Å². The molecule has 0 saturated heterocycles. The van der Waals surface area contributed by atoms with Crippen LogP contribution in [0.15, 0.2) is 51.7 Å². The van der Waals surface area contributed by atoms with Crippen molar-refractivity contribution in [1.29, 1.82) is 0 Å². The molecule has 1 amide bonds. The third-order valence-electron chi connectivity index (χ3n) is 5.88. The predicted molar refractivity (Wildman–Crippen MR) is 126 cm³/mol. The van der Waals surface area contributed by atoms with Crippen LogP contribution in [0.3, 0.4) is 0 Å². The lowest BCUT2D eigenvalue weighted by molar-refractivity contribution is 0.0970. The first-order chi connectivity index (χ1) is 15.9. The first-order valence-corrected chi connectivity index (χ1v) is 11.7. The molecule has 0 bridgehead atoms.